The molecule has 220 valence electrons. The number of nitrogens with zero attached hydrogens (tertiary/aromatic N) is 1. The molecule has 0 aliphatic rings. The molecule has 0 unspecified atom stereocenters. The standard InChI is InChI=1S/C33H34ClNO6S/c1-2-40-33(37)24-41-29-13-17-31(18-14-29)42(38,39)30-15-11-25(12-16-30)19-20-35(22-26-7-4-3-5-8-26)23-32(36)27-9-6-10-28(34)21-27/h3-18,21,32,36H,2,19-20,22-24H2,1H3/t32-/m0/s1. The van der Waals surface area contributed by atoms with Crippen molar-refractivity contribution in [2.45, 2.75) is 35.8 Å². The first-order chi connectivity index (χ1) is 20.2. The van der Waals surface area contributed by atoms with Crippen molar-refractivity contribution in [1.82, 2.24) is 4.90 Å². The highest BCUT2D eigenvalue weighted by atomic mass is 35.5. The van der Waals surface area contributed by atoms with Crippen LogP contribution in [0.25, 0.3) is 0 Å². The van der Waals surface area contributed by atoms with Crippen LogP contribution in [-0.2, 0) is 32.3 Å². The highest BCUT2D eigenvalue weighted by molar-refractivity contribution is 7.91. The van der Waals surface area contributed by atoms with Gasteiger partial charge in [0.25, 0.3) is 0 Å². The second kappa shape index (κ2) is 15.0. The SMILES string of the molecule is CCOC(=O)COc1ccc(S(=O)(=O)c2ccc(CCN(Cc3ccccc3)C[C@H](O)c3cccc(Cl)c3)cc2)cc1. The van der Waals surface area contributed by atoms with Crippen molar-refractivity contribution in [3.8, 4) is 5.75 Å². The highest BCUT2D eigenvalue weighted by Crippen LogP contribution is 2.24. The second-order valence-electron chi connectivity index (χ2n) is 9.75. The number of ether oxygens (including phenoxy) is 2. The third-order valence-electron chi connectivity index (χ3n) is 6.66. The lowest BCUT2D eigenvalue weighted by Gasteiger charge is -2.25. The van der Waals surface area contributed by atoms with Gasteiger partial charge in [-0.3, -0.25) is 4.90 Å². The summed E-state index contributed by atoms with van der Waals surface area (Å²) < 4.78 is 36.6. The summed E-state index contributed by atoms with van der Waals surface area (Å²) in [5.74, 6) is -0.118. The summed E-state index contributed by atoms with van der Waals surface area (Å²) in [6.07, 6.45) is -0.0380. The molecule has 7 nitrogen and oxygen atoms in total. The number of hydrogen-bond donors (Lipinski definition) is 1. The Bertz CT molecular complexity index is 1540. The van der Waals surface area contributed by atoms with Gasteiger partial charge in [0, 0.05) is 24.7 Å². The van der Waals surface area contributed by atoms with Gasteiger partial charge in [0.15, 0.2) is 6.61 Å². The van der Waals surface area contributed by atoms with Crippen molar-refractivity contribution >= 4 is 27.4 Å². The Morgan fingerprint density at radius 3 is 2.19 bits per heavy atom. The fourth-order valence-electron chi connectivity index (χ4n) is 4.46. The quantitative estimate of drug-likeness (QED) is 0.179. The van der Waals surface area contributed by atoms with E-state index in [4.69, 9.17) is 21.1 Å². The fourth-order valence-corrected chi connectivity index (χ4v) is 5.92. The van der Waals surface area contributed by atoms with Crippen LogP contribution >= 0.6 is 11.6 Å². The topological polar surface area (TPSA) is 93.1 Å². The number of aliphatic hydroxyl groups excluding tert-OH is 1. The molecule has 0 radical (unpaired) electrons. The van der Waals surface area contributed by atoms with Crippen molar-refractivity contribution in [1.29, 1.82) is 0 Å². The van der Waals surface area contributed by atoms with Crippen LogP contribution < -0.4 is 4.74 Å². The fraction of sp³-hybridized carbons (Fsp3) is 0.242. The number of rotatable bonds is 14. The zero-order valence-corrected chi connectivity index (χ0v) is 24.9. The maximum Gasteiger partial charge on any atom is 0.344 e. The zero-order valence-electron chi connectivity index (χ0n) is 23.4. The van der Waals surface area contributed by atoms with Crippen LogP contribution in [0.2, 0.25) is 5.02 Å². The van der Waals surface area contributed by atoms with E-state index in [2.05, 4.69) is 17.0 Å². The van der Waals surface area contributed by atoms with Gasteiger partial charge in [-0.1, -0.05) is 66.2 Å². The van der Waals surface area contributed by atoms with Gasteiger partial charge in [-0.2, -0.15) is 0 Å². The highest BCUT2D eigenvalue weighted by Gasteiger charge is 2.19. The molecule has 0 aliphatic heterocycles. The van der Waals surface area contributed by atoms with Crippen molar-refractivity contribution in [3.05, 3.63) is 125 Å². The molecule has 1 N–H and O–H groups in total. The Hall–Kier alpha value is -3.69. The van der Waals surface area contributed by atoms with Gasteiger partial charge in [-0.05, 0) is 78.6 Å². The van der Waals surface area contributed by atoms with Gasteiger partial charge in [0.05, 0.1) is 22.5 Å². The molecule has 0 saturated heterocycles. The summed E-state index contributed by atoms with van der Waals surface area (Å²) in [4.78, 5) is 14.0. The molecule has 0 fully saturated rings. The minimum Gasteiger partial charge on any atom is -0.482 e. The maximum atomic E-state index is 13.2. The first-order valence-corrected chi connectivity index (χ1v) is 15.5. The molecule has 1 atom stereocenters. The van der Waals surface area contributed by atoms with Gasteiger partial charge in [-0.15, -0.1) is 0 Å². The van der Waals surface area contributed by atoms with Crippen molar-refractivity contribution in [2.24, 2.45) is 0 Å². The number of carbonyl (C=O) groups excluding carboxylic acids is 1. The van der Waals surface area contributed by atoms with Gasteiger partial charge < -0.3 is 14.6 Å². The number of aliphatic hydroxyl groups is 1. The Morgan fingerprint density at radius 1 is 0.881 bits per heavy atom. The van der Waals surface area contributed by atoms with E-state index in [0.717, 1.165) is 16.7 Å². The minimum atomic E-state index is -3.74. The molecule has 0 saturated carbocycles. The second-order valence-corrected chi connectivity index (χ2v) is 12.1. The molecule has 9 heteroatoms. The van der Waals surface area contributed by atoms with Crippen LogP contribution in [0.1, 0.15) is 29.7 Å². The summed E-state index contributed by atoms with van der Waals surface area (Å²) in [6.45, 7) is 3.46. The number of sulfone groups is 1. The molecular formula is C33H34ClNO6S. The van der Waals surface area contributed by atoms with Gasteiger partial charge in [0.1, 0.15) is 5.75 Å². The molecule has 0 aromatic heterocycles. The zero-order chi connectivity index (χ0) is 30.0. The molecule has 4 aromatic rings. The first-order valence-electron chi connectivity index (χ1n) is 13.7. The molecule has 0 heterocycles. The Labute approximate surface area is 252 Å². The Balaban J connectivity index is 1.40. The predicted octanol–water partition coefficient (Wildman–Crippen LogP) is 5.89. The maximum absolute atomic E-state index is 13.2. The van der Waals surface area contributed by atoms with Crippen molar-refractivity contribution in [3.63, 3.8) is 0 Å². The summed E-state index contributed by atoms with van der Waals surface area (Å²) >= 11 is 6.13. The van der Waals surface area contributed by atoms with Crippen LogP contribution in [0.3, 0.4) is 0 Å². The average Bonchev–Trinajstić information content (AvgIpc) is 3.00. The molecule has 0 amide bonds. The van der Waals surface area contributed by atoms with Crippen LogP contribution in [0.15, 0.2) is 113 Å². The van der Waals surface area contributed by atoms with Crippen LogP contribution in [0.4, 0.5) is 0 Å². The lowest BCUT2D eigenvalue weighted by Crippen LogP contribution is -2.30. The van der Waals surface area contributed by atoms with Gasteiger partial charge in [0.2, 0.25) is 9.84 Å². The summed E-state index contributed by atoms with van der Waals surface area (Å²) in [7, 11) is -3.74. The molecule has 0 spiro atoms. The van der Waals surface area contributed by atoms with Crippen LogP contribution in [0.5, 0.6) is 5.75 Å². The largest absolute Gasteiger partial charge is 0.482 e. The van der Waals surface area contributed by atoms with E-state index in [0.29, 0.717) is 36.8 Å². The number of esters is 1. The lowest BCUT2D eigenvalue weighted by atomic mass is 10.1. The van der Waals surface area contributed by atoms with E-state index in [1.165, 1.54) is 24.3 Å². The van der Waals surface area contributed by atoms with Crippen molar-refractivity contribution in [2.75, 3.05) is 26.3 Å². The summed E-state index contributed by atoms with van der Waals surface area (Å²) in [5.41, 5.74) is 2.87. The number of halogens is 1. The molecule has 4 aromatic carbocycles. The smallest absolute Gasteiger partial charge is 0.344 e. The van der Waals surface area contributed by atoms with E-state index < -0.39 is 21.9 Å². The summed E-state index contributed by atoms with van der Waals surface area (Å²) in [5, 5.41) is 11.5. The Morgan fingerprint density at radius 2 is 1.55 bits per heavy atom. The van der Waals surface area contributed by atoms with E-state index in [1.807, 2.05) is 42.5 Å². The monoisotopic (exact) mass is 607 g/mol. The minimum absolute atomic E-state index is 0.128. The first kappa shape index (κ1) is 31.3. The van der Waals surface area contributed by atoms with Crippen LogP contribution in [0, 0.1) is 0 Å². The third-order valence-corrected chi connectivity index (χ3v) is 8.68. The van der Waals surface area contributed by atoms with Gasteiger partial charge in [-0.25, -0.2) is 13.2 Å². The number of carbonyl (C=O) groups is 1. The number of hydrogen-bond acceptors (Lipinski definition) is 7. The summed E-state index contributed by atoms with van der Waals surface area (Å²) in [6, 6.07) is 30.1. The average molecular weight is 608 g/mol. The van der Waals surface area contributed by atoms with E-state index in [9.17, 15) is 18.3 Å². The van der Waals surface area contributed by atoms with E-state index in [-0.39, 0.29) is 23.0 Å². The van der Waals surface area contributed by atoms with Crippen LogP contribution in [-0.4, -0.2) is 50.7 Å². The Kier molecular flexibility index (Phi) is 11.1. The lowest BCUT2D eigenvalue weighted by molar-refractivity contribution is -0.145. The normalized spacial score (nSPS) is 12.2. The molecule has 0 aliphatic carbocycles. The molecule has 4 rings (SSSR count). The van der Waals surface area contributed by atoms with Crippen molar-refractivity contribution < 1.29 is 27.8 Å². The molecule has 42 heavy (non-hydrogen) atoms. The molecular weight excluding hydrogens is 574 g/mol. The van der Waals surface area contributed by atoms with E-state index >= 15 is 0 Å². The number of benzene rings is 4. The predicted molar refractivity (Wildman–Crippen MR) is 162 cm³/mol. The third kappa shape index (κ3) is 8.90. The molecule has 0 bridgehead atoms. The van der Waals surface area contributed by atoms with E-state index in [1.54, 1.807) is 31.2 Å². The van der Waals surface area contributed by atoms with Gasteiger partial charge >= 0.3 is 5.97 Å².